The van der Waals surface area contributed by atoms with Crippen molar-refractivity contribution in [3.8, 4) is 0 Å². The van der Waals surface area contributed by atoms with E-state index in [1.807, 2.05) is 37.3 Å². The lowest BCUT2D eigenvalue weighted by molar-refractivity contribution is 0.602. The highest BCUT2D eigenvalue weighted by Gasteiger charge is 2.04. The van der Waals surface area contributed by atoms with Gasteiger partial charge in [-0.25, -0.2) is 4.39 Å². The van der Waals surface area contributed by atoms with E-state index < -0.39 is 0 Å². The quantitative estimate of drug-likeness (QED) is 0.887. The van der Waals surface area contributed by atoms with Crippen molar-refractivity contribution in [1.82, 2.24) is 0 Å². The summed E-state index contributed by atoms with van der Waals surface area (Å²) in [6.45, 7) is 1.94. The van der Waals surface area contributed by atoms with Crippen LogP contribution in [0.4, 0.5) is 4.39 Å². The Labute approximate surface area is 105 Å². The smallest absolute Gasteiger partial charge is 0.137 e. The Kier molecular flexibility index (Phi) is 3.82. The van der Waals surface area contributed by atoms with Gasteiger partial charge in [0.15, 0.2) is 0 Å². The lowest BCUT2D eigenvalue weighted by Gasteiger charge is -2.07. The van der Waals surface area contributed by atoms with E-state index in [1.54, 1.807) is 12.1 Å². The first kappa shape index (κ1) is 12.1. The average molecular weight is 247 g/mol. The summed E-state index contributed by atoms with van der Waals surface area (Å²) in [6.07, 6.45) is 0. The molecule has 0 aromatic heterocycles. The minimum atomic E-state index is -0.186. The van der Waals surface area contributed by atoms with Crippen molar-refractivity contribution in [2.24, 2.45) is 5.73 Å². The fraction of sp³-hybridized carbons (Fsp3) is 0.143. The van der Waals surface area contributed by atoms with Gasteiger partial charge in [-0.2, -0.15) is 0 Å². The van der Waals surface area contributed by atoms with E-state index in [0.29, 0.717) is 4.90 Å². The van der Waals surface area contributed by atoms with Gasteiger partial charge in [0.1, 0.15) is 5.82 Å². The lowest BCUT2D eigenvalue weighted by Crippen LogP contribution is -2.04. The van der Waals surface area contributed by atoms with Crippen molar-refractivity contribution in [2.45, 2.75) is 22.8 Å². The minimum absolute atomic E-state index is 0.0301. The van der Waals surface area contributed by atoms with Gasteiger partial charge in [0.25, 0.3) is 0 Å². The fourth-order valence-corrected chi connectivity index (χ4v) is 2.33. The molecule has 0 radical (unpaired) electrons. The molecule has 3 heteroatoms. The van der Waals surface area contributed by atoms with E-state index in [1.165, 1.54) is 17.8 Å². The molecular weight excluding hydrogens is 233 g/mol. The Morgan fingerprint density at radius 2 is 1.71 bits per heavy atom. The van der Waals surface area contributed by atoms with Crippen molar-refractivity contribution in [3.05, 3.63) is 59.9 Å². The zero-order valence-electron chi connectivity index (χ0n) is 9.56. The monoisotopic (exact) mass is 247 g/mol. The SMILES string of the molecule is C[C@H](N)c1ccc(Sc2ccccc2F)cc1. The Morgan fingerprint density at radius 3 is 2.29 bits per heavy atom. The largest absolute Gasteiger partial charge is 0.324 e. The van der Waals surface area contributed by atoms with E-state index in [2.05, 4.69) is 0 Å². The van der Waals surface area contributed by atoms with Crippen molar-refractivity contribution in [3.63, 3.8) is 0 Å². The number of halogens is 1. The summed E-state index contributed by atoms with van der Waals surface area (Å²) in [5.74, 6) is -0.186. The number of hydrogen-bond donors (Lipinski definition) is 1. The average Bonchev–Trinajstić information content (AvgIpc) is 2.33. The molecule has 0 bridgehead atoms. The third kappa shape index (κ3) is 3.08. The first-order valence-corrected chi connectivity index (χ1v) is 6.26. The zero-order valence-corrected chi connectivity index (χ0v) is 10.4. The van der Waals surface area contributed by atoms with Gasteiger partial charge in [0.2, 0.25) is 0 Å². The third-order valence-corrected chi connectivity index (χ3v) is 3.53. The van der Waals surface area contributed by atoms with Gasteiger partial charge >= 0.3 is 0 Å². The number of nitrogens with two attached hydrogens (primary N) is 1. The maximum Gasteiger partial charge on any atom is 0.137 e. The molecule has 2 N–H and O–H groups in total. The van der Waals surface area contributed by atoms with Crippen LogP contribution in [0.25, 0.3) is 0 Å². The van der Waals surface area contributed by atoms with Gasteiger partial charge in [0.05, 0.1) is 0 Å². The molecular formula is C14H14FNS. The molecule has 0 spiro atoms. The van der Waals surface area contributed by atoms with E-state index in [4.69, 9.17) is 5.73 Å². The molecule has 2 aromatic rings. The molecule has 88 valence electrons. The minimum Gasteiger partial charge on any atom is -0.324 e. The molecule has 0 aliphatic heterocycles. The Hall–Kier alpha value is -1.32. The highest BCUT2D eigenvalue weighted by Crippen LogP contribution is 2.30. The van der Waals surface area contributed by atoms with Crippen LogP contribution in [0.3, 0.4) is 0 Å². The van der Waals surface area contributed by atoms with Crippen LogP contribution in [0.15, 0.2) is 58.3 Å². The zero-order chi connectivity index (χ0) is 12.3. The van der Waals surface area contributed by atoms with E-state index >= 15 is 0 Å². The lowest BCUT2D eigenvalue weighted by atomic mass is 10.1. The van der Waals surface area contributed by atoms with Gasteiger partial charge in [0, 0.05) is 15.8 Å². The van der Waals surface area contributed by atoms with Crippen molar-refractivity contribution in [1.29, 1.82) is 0 Å². The van der Waals surface area contributed by atoms with Crippen LogP contribution < -0.4 is 5.73 Å². The first-order chi connectivity index (χ1) is 8.16. The van der Waals surface area contributed by atoms with Gasteiger partial charge in [-0.05, 0) is 36.8 Å². The third-order valence-electron chi connectivity index (χ3n) is 2.47. The van der Waals surface area contributed by atoms with Gasteiger partial charge in [-0.15, -0.1) is 0 Å². The molecule has 0 saturated carbocycles. The van der Waals surface area contributed by atoms with E-state index in [9.17, 15) is 4.39 Å². The molecule has 2 aromatic carbocycles. The van der Waals surface area contributed by atoms with Crippen LogP contribution in [0.2, 0.25) is 0 Å². The van der Waals surface area contributed by atoms with Gasteiger partial charge in [-0.3, -0.25) is 0 Å². The maximum absolute atomic E-state index is 13.4. The highest BCUT2D eigenvalue weighted by molar-refractivity contribution is 7.99. The summed E-state index contributed by atoms with van der Waals surface area (Å²) in [4.78, 5) is 1.65. The highest BCUT2D eigenvalue weighted by atomic mass is 32.2. The Bertz CT molecular complexity index is 494. The van der Waals surface area contributed by atoms with Crippen molar-refractivity contribution in [2.75, 3.05) is 0 Å². The van der Waals surface area contributed by atoms with Gasteiger partial charge < -0.3 is 5.73 Å². The van der Waals surface area contributed by atoms with Crippen molar-refractivity contribution >= 4 is 11.8 Å². The molecule has 0 amide bonds. The number of benzene rings is 2. The molecule has 1 atom stereocenters. The predicted octanol–water partition coefficient (Wildman–Crippen LogP) is 4.00. The summed E-state index contributed by atoms with van der Waals surface area (Å²) < 4.78 is 13.4. The topological polar surface area (TPSA) is 26.0 Å². The molecule has 0 heterocycles. The summed E-state index contributed by atoms with van der Waals surface area (Å²) in [5.41, 5.74) is 6.86. The van der Waals surface area contributed by atoms with E-state index in [0.717, 1.165) is 10.5 Å². The predicted molar refractivity (Wildman–Crippen MR) is 69.6 cm³/mol. The molecule has 0 unspecified atom stereocenters. The first-order valence-electron chi connectivity index (χ1n) is 5.45. The normalized spacial score (nSPS) is 12.4. The second-order valence-electron chi connectivity index (χ2n) is 3.89. The molecule has 2 rings (SSSR count). The Balaban J connectivity index is 2.17. The summed E-state index contributed by atoms with van der Waals surface area (Å²) in [6, 6.07) is 14.7. The van der Waals surface area contributed by atoms with Crippen molar-refractivity contribution < 1.29 is 4.39 Å². The molecule has 0 fully saturated rings. The summed E-state index contributed by atoms with van der Waals surface area (Å²) in [7, 11) is 0. The van der Waals surface area contributed by atoms with Gasteiger partial charge in [-0.1, -0.05) is 36.0 Å². The molecule has 1 nitrogen and oxygen atoms in total. The molecule has 0 aliphatic carbocycles. The standard InChI is InChI=1S/C14H14FNS/c1-10(16)11-6-8-12(9-7-11)17-14-5-3-2-4-13(14)15/h2-10H,16H2,1H3/t10-/m0/s1. The molecule has 17 heavy (non-hydrogen) atoms. The van der Waals surface area contributed by atoms with Crippen LogP contribution in [0.5, 0.6) is 0 Å². The maximum atomic E-state index is 13.4. The van der Waals surface area contributed by atoms with Crippen LogP contribution in [-0.4, -0.2) is 0 Å². The van der Waals surface area contributed by atoms with E-state index in [-0.39, 0.29) is 11.9 Å². The summed E-state index contributed by atoms with van der Waals surface area (Å²) >= 11 is 1.42. The van der Waals surface area contributed by atoms with Crippen LogP contribution in [0.1, 0.15) is 18.5 Å². The Morgan fingerprint density at radius 1 is 1.06 bits per heavy atom. The van der Waals surface area contributed by atoms with Crippen LogP contribution >= 0.6 is 11.8 Å². The number of rotatable bonds is 3. The number of hydrogen-bond acceptors (Lipinski definition) is 2. The second kappa shape index (κ2) is 5.34. The second-order valence-corrected chi connectivity index (χ2v) is 5.01. The summed E-state index contributed by atoms with van der Waals surface area (Å²) in [5, 5.41) is 0. The fourth-order valence-electron chi connectivity index (χ4n) is 1.49. The van der Waals surface area contributed by atoms with Crippen LogP contribution in [0, 0.1) is 5.82 Å². The molecule has 0 aliphatic rings. The van der Waals surface area contributed by atoms with Crippen LogP contribution in [-0.2, 0) is 0 Å². The molecule has 0 saturated heterocycles.